The molecule has 2 saturated heterocycles. The van der Waals surface area contributed by atoms with E-state index in [1.165, 1.54) is 0 Å². The highest BCUT2D eigenvalue weighted by Gasteiger charge is 2.45. The maximum atomic E-state index is 6.18. The van der Waals surface area contributed by atoms with Gasteiger partial charge in [-0.1, -0.05) is 0 Å². The van der Waals surface area contributed by atoms with Gasteiger partial charge in [0.15, 0.2) is 0 Å². The summed E-state index contributed by atoms with van der Waals surface area (Å²) in [4.78, 5) is 15.0. The van der Waals surface area contributed by atoms with E-state index in [0.717, 1.165) is 44.0 Å². The maximum absolute atomic E-state index is 6.18. The van der Waals surface area contributed by atoms with Crippen molar-refractivity contribution in [2.24, 2.45) is 0 Å². The molecule has 23 heavy (non-hydrogen) atoms. The van der Waals surface area contributed by atoms with Gasteiger partial charge in [-0.25, -0.2) is 9.97 Å². The molecule has 2 aliphatic heterocycles. The van der Waals surface area contributed by atoms with E-state index in [2.05, 4.69) is 19.9 Å². The predicted molar refractivity (Wildman–Crippen MR) is 85.4 cm³/mol. The summed E-state index contributed by atoms with van der Waals surface area (Å²) in [6, 6.07) is 5.66. The minimum Gasteiger partial charge on any atom is -0.486 e. The van der Waals surface area contributed by atoms with E-state index in [0.29, 0.717) is 6.61 Å². The Morgan fingerprint density at radius 2 is 2.13 bits per heavy atom. The van der Waals surface area contributed by atoms with Crippen molar-refractivity contribution in [2.45, 2.75) is 31.0 Å². The largest absolute Gasteiger partial charge is 0.486 e. The van der Waals surface area contributed by atoms with Gasteiger partial charge in [0.2, 0.25) is 5.95 Å². The van der Waals surface area contributed by atoms with E-state index in [1.807, 2.05) is 18.2 Å². The molecule has 2 aromatic rings. The third-order valence-corrected chi connectivity index (χ3v) is 4.49. The smallest absolute Gasteiger partial charge is 0.225 e. The normalized spacial score (nSPS) is 27.3. The average molecular weight is 312 g/mol. The van der Waals surface area contributed by atoms with Gasteiger partial charge in [-0.05, 0) is 31.0 Å². The first-order chi connectivity index (χ1) is 11.3. The summed E-state index contributed by atoms with van der Waals surface area (Å²) >= 11 is 0. The summed E-state index contributed by atoms with van der Waals surface area (Å²) in [5, 5.41) is 0. The number of rotatable bonds is 3. The first-order valence-corrected chi connectivity index (χ1v) is 8.06. The van der Waals surface area contributed by atoms with Crippen LogP contribution in [0.4, 0.5) is 5.95 Å². The number of anilines is 1. The van der Waals surface area contributed by atoms with Gasteiger partial charge >= 0.3 is 0 Å². The van der Waals surface area contributed by atoms with Gasteiger partial charge in [-0.15, -0.1) is 0 Å². The highest BCUT2D eigenvalue weighted by Crippen LogP contribution is 2.36. The van der Waals surface area contributed by atoms with Crippen LogP contribution in [0.2, 0.25) is 0 Å². The molecule has 0 bridgehead atoms. The number of piperidine rings is 1. The van der Waals surface area contributed by atoms with Crippen LogP contribution in [-0.4, -0.2) is 46.4 Å². The van der Waals surface area contributed by atoms with Crippen LogP contribution in [0, 0.1) is 0 Å². The Hall–Kier alpha value is -2.21. The third-order valence-electron chi connectivity index (χ3n) is 4.49. The maximum Gasteiger partial charge on any atom is 0.225 e. The highest BCUT2D eigenvalue weighted by molar-refractivity contribution is 5.31. The lowest BCUT2D eigenvalue weighted by Gasteiger charge is -2.39. The van der Waals surface area contributed by atoms with Gasteiger partial charge in [0.05, 0.1) is 18.4 Å². The van der Waals surface area contributed by atoms with Gasteiger partial charge in [0.25, 0.3) is 0 Å². The van der Waals surface area contributed by atoms with Crippen molar-refractivity contribution in [3.05, 3.63) is 43.0 Å². The van der Waals surface area contributed by atoms with Crippen molar-refractivity contribution < 1.29 is 9.47 Å². The summed E-state index contributed by atoms with van der Waals surface area (Å²) in [5.41, 5.74) is -0.148. The van der Waals surface area contributed by atoms with Crippen LogP contribution in [-0.2, 0) is 4.74 Å². The molecule has 0 N–H and O–H groups in total. The minimum absolute atomic E-state index is 0.0795. The molecule has 0 unspecified atom stereocenters. The fourth-order valence-electron chi connectivity index (χ4n) is 3.50. The molecule has 6 heteroatoms. The predicted octanol–water partition coefficient (Wildman–Crippen LogP) is 2.08. The third kappa shape index (κ3) is 3.12. The molecule has 120 valence electrons. The molecular weight excluding hydrogens is 292 g/mol. The highest BCUT2D eigenvalue weighted by atomic mass is 16.6. The quantitative estimate of drug-likeness (QED) is 0.865. The van der Waals surface area contributed by atoms with Gasteiger partial charge in [-0.2, -0.15) is 0 Å². The van der Waals surface area contributed by atoms with Crippen molar-refractivity contribution in [1.29, 1.82) is 0 Å². The van der Waals surface area contributed by atoms with Gasteiger partial charge in [0.1, 0.15) is 11.9 Å². The molecule has 2 fully saturated rings. The standard InChI is InChI=1S/C17H20N4O2/c1-4-14(11-18-6-1)23-15-10-17(22-12-15)5-2-9-21(13-17)16-19-7-3-8-20-16/h1,3-4,6-8,11,15H,2,5,9-10,12-13H2/t15-,17+/m0/s1. The van der Waals surface area contributed by atoms with Crippen molar-refractivity contribution in [3.63, 3.8) is 0 Å². The first-order valence-electron chi connectivity index (χ1n) is 8.06. The van der Waals surface area contributed by atoms with Gasteiger partial charge in [0, 0.05) is 38.1 Å². The van der Waals surface area contributed by atoms with E-state index in [9.17, 15) is 0 Å². The zero-order valence-electron chi connectivity index (χ0n) is 13.0. The van der Waals surface area contributed by atoms with Crippen LogP contribution in [0.5, 0.6) is 5.75 Å². The number of nitrogens with zero attached hydrogens (tertiary/aromatic N) is 4. The number of pyridine rings is 1. The minimum atomic E-state index is -0.148. The molecule has 4 rings (SSSR count). The lowest BCUT2D eigenvalue weighted by Crippen LogP contribution is -2.48. The Balaban J connectivity index is 1.43. The summed E-state index contributed by atoms with van der Waals surface area (Å²) < 4.78 is 12.2. The van der Waals surface area contributed by atoms with Crippen LogP contribution >= 0.6 is 0 Å². The summed E-state index contributed by atoms with van der Waals surface area (Å²) in [5.74, 6) is 1.59. The molecule has 2 atom stereocenters. The van der Waals surface area contributed by atoms with Gasteiger partial charge in [-0.3, -0.25) is 4.98 Å². The Morgan fingerprint density at radius 3 is 2.96 bits per heavy atom. The average Bonchev–Trinajstić information content (AvgIpc) is 2.98. The molecule has 2 aliphatic rings. The van der Waals surface area contributed by atoms with Crippen LogP contribution < -0.4 is 9.64 Å². The summed E-state index contributed by atoms with van der Waals surface area (Å²) in [6.07, 6.45) is 10.2. The van der Waals surface area contributed by atoms with E-state index in [-0.39, 0.29) is 11.7 Å². The van der Waals surface area contributed by atoms with Crippen molar-refractivity contribution in [1.82, 2.24) is 15.0 Å². The van der Waals surface area contributed by atoms with Crippen molar-refractivity contribution in [3.8, 4) is 5.75 Å². The second kappa shape index (κ2) is 6.12. The van der Waals surface area contributed by atoms with Crippen LogP contribution in [0.1, 0.15) is 19.3 Å². The Bertz CT molecular complexity index is 640. The van der Waals surface area contributed by atoms with Crippen molar-refractivity contribution >= 4 is 5.95 Å². The summed E-state index contributed by atoms with van der Waals surface area (Å²) in [7, 11) is 0. The summed E-state index contributed by atoms with van der Waals surface area (Å²) in [6.45, 7) is 2.42. The van der Waals surface area contributed by atoms with E-state index in [4.69, 9.17) is 9.47 Å². The van der Waals surface area contributed by atoms with Crippen LogP contribution in [0.15, 0.2) is 43.0 Å². The molecule has 0 amide bonds. The molecule has 0 saturated carbocycles. The Morgan fingerprint density at radius 1 is 1.22 bits per heavy atom. The van der Waals surface area contributed by atoms with Gasteiger partial charge < -0.3 is 14.4 Å². The monoisotopic (exact) mass is 312 g/mol. The van der Waals surface area contributed by atoms with E-state index >= 15 is 0 Å². The number of hydrogen-bond donors (Lipinski definition) is 0. The number of hydrogen-bond acceptors (Lipinski definition) is 6. The Labute approximate surface area is 135 Å². The second-order valence-electron chi connectivity index (χ2n) is 6.20. The van der Waals surface area contributed by atoms with E-state index in [1.54, 1.807) is 24.8 Å². The topological polar surface area (TPSA) is 60.4 Å². The number of aromatic nitrogens is 3. The second-order valence-corrected chi connectivity index (χ2v) is 6.20. The van der Waals surface area contributed by atoms with Crippen molar-refractivity contribution in [2.75, 3.05) is 24.6 Å². The zero-order valence-corrected chi connectivity index (χ0v) is 13.0. The number of ether oxygens (including phenoxy) is 2. The van der Waals surface area contributed by atoms with Crippen LogP contribution in [0.25, 0.3) is 0 Å². The zero-order chi connectivity index (χ0) is 15.5. The molecule has 6 nitrogen and oxygen atoms in total. The molecule has 0 aliphatic carbocycles. The lowest BCUT2D eigenvalue weighted by molar-refractivity contribution is -0.00845. The SMILES string of the molecule is c1cnc(N2CCC[C@@]3(C[C@H](Oc4cccnc4)CO3)C2)nc1. The molecule has 4 heterocycles. The molecular formula is C17H20N4O2. The lowest BCUT2D eigenvalue weighted by atomic mass is 9.89. The molecule has 0 radical (unpaired) electrons. The van der Waals surface area contributed by atoms with E-state index < -0.39 is 0 Å². The fraction of sp³-hybridized carbons (Fsp3) is 0.471. The molecule has 1 spiro atoms. The molecule has 0 aromatic carbocycles. The van der Waals surface area contributed by atoms with Crippen LogP contribution in [0.3, 0.4) is 0 Å². The first kappa shape index (κ1) is 14.4. The molecule has 2 aromatic heterocycles. The Kier molecular flexibility index (Phi) is 3.83. The fourth-order valence-corrected chi connectivity index (χ4v) is 3.50.